The molecule has 2 rings (SSSR count). The van der Waals surface area contributed by atoms with Crippen LogP contribution in [0.15, 0.2) is 30.3 Å². The van der Waals surface area contributed by atoms with Gasteiger partial charge in [-0.1, -0.05) is 30.3 Å². The standard InChI is InChI=1S/C15H22N2O2/c1-15(2,11-7-5-4-6-8-11)14(18)17-12-9-16-10-13(12)19-3/h4-8,12-13,16H,9-10H2,1-3H3,(H,17,18)/t12?,13-/m0/s1. The highest BCUT2D eigenvalue weighted by Gasteiger charge is 2.35. The molecular weight excluding hydrogens is 240 g/mol. The lowest BCUT2D eigenvalue weighted by molar-refractivity contribution is -0.127. The van der Waals surface area contributed by atoms with E-state index < -0.39 is 5.41 Å². The van der Waals surface area contributed by atoms with Crippen molar-refractivity contribution in [1.82, 2.24) is 10.6 Å². The molecule has 0 spiro atoms. The molecule has 2 N–H and O–H groups in total. The molecule has 0 aliphatic carbocycles. The zero-order valence-corrected chi connectivity index (χ0v) is 11.8. The van der Waals surface area contributed by atoms with E-state index in [1.165, 1.54) is 0 Å². The molecule has 1 saturated heterocycles. The molecule has 1 aliphatic heterocycles. The van der Waals surface area contributed by atoms with Crippen LogP contribution in [-0.2, 0) is 14.9 Å². The summed E-state index contributed by atoms with van der Waals surface area (Å²) >= 11 is 0. The Bertz CT molecular complexity index is 431. The van der Waals surface area contributed by atoms with Gasteiger partial charge in [-0.05, 0) is 19.4 Å². The molecule has 0 radical (unpaired) electrons. The minimum Gasteiger partial charge on any atom is -0.378 e. The van der Waals surface area contributed by atoms with Crippen LogP contribution in [0.4, 0.5) is 0 Å². The average Bonchev–Trinajstić information content (AvgIpc) is 2.87. The van der Waals surface area contributed by atoms with E-state index in [0.717, 1.165) is 18.7 Å². The van der Waals surface area contributed by atoms with Crippen molar-refractivity contribution in [3.05, 3.63) is 35.9 Å². The lowest BCUT2D eigenvalue weighted by Crippen LogP contribution is -2.49. The maximum absolute atomic E-state index is 12.5. The second kappa shape index (κ2) is 5.72. The highest BCUT2D eigenvalue weighted by atomic mass is 16.5. The number of hydrogen-bond donors (Lipinski definition) is 2. The summed E-state index contributed by atoms with van der Waals surface area (Å²) in [6.45, 7) is 5.44. The molecule has 1 fully saturated rings. The van der Waals surface area contributed by atoms with Crippen LogP contribution in [0, 0.1) is 0 Å². The van der Waals surface area contributed by atoms with Gasteiger partial charge in [-0.25, -0.2) is 0 Å². The fourth-order valence-corrected chi connectivity index (χ4v) is 2.38. The molecule has 4 nitrogen and oxygen atoms in total. The predicted molar refractivity (Wildman–Crippen MR) is 75.1 cm³/mol. The number of carbonyl (C=O) groups excluding carboxylic acids is 1. The fourth-order valence-electron chi connectivity index (χ4n) is 2.38. The van der Waals surface area contributed by atoms with Gasteiger partial charge in [-0.15, -0.1) is 0 Å². The Morgan fingerprint density at radius 2 is 2.00 bits per heavy atom. The summed E-state index contributed by atoms with van der Waals surface area (Å²) in [5.74, 6) is 0.0365. The molecule has 1 aromatic carbocycles. The van der Waals surface area contributed by atoms with Crippen molar-refractivity contribution < 1.29 is 9.53 Å². The van der Waals surface area contributed by atoms with Crippen LogP contribution in [0.1, 0.15) is 19.4 Å². The molecule has 1 heterocycles. The first-order chi connectivity index (χ1) is 9.05. The molecule has 1 aromatic rings. The van der Waals surface area contributed by atoms with E-state index in [2.05, 4.69) is 10.6 Å². The van der Waals surface area contributed by atoms with E-state index in [4.69, 9.17) is 4.74 Å². The van der Waals surface area contributed by atoms with Gasteiger partial charge in [0.05, 0.1) is 17.6 Å². The topological polar surface area (TPSA) is 50.4 Å². The van der Waals surface area contributed by atoms with Crippen molar-refractivity contribution in [3.8, 4) is 0 Å². The van der Waals surface area contributed by atoms with Crippen LogP contribution in [0.3, 0.4) is 0 Å². The molecular formula is C15H22N2O2. The fraction of sp³-hybridized carbons (Fsp3) is 0.533. The molecule has 0 saturated carbocycles. The molecule has 0 aromatic heterocycles. The maximum Gasteiger partial charge on any atom is 0.230 e. The van der Waals surface area contributed by atoms with Crippen LogP contribution in [0.5, 0.6) is 0 Å². The van der Waals surface area contributed by atoms with E-state index >= 15 is 0 Å². The van der Waals surface area contributed by atoms with Crippen LogP contribution in [0.25, 0.3) is 0 Å². The van der Waals surface area contributed by atoms with Gasteiger partial charge in [0, 0.05) is 20.2 Å². The Morgan fingerprint density at radius 3 is 2.63 bits per heavy atom. The summed E-state index contributed by atoms with van der Waals surface area (Å²) in [6, 6.07) is 9.89. The highest BCUT2D eigenvalue weighted by molar-refractivity contribution is 5.87. The monoisotopic (exact) mass is 262 g/mol. The number of hydrogen-bond acceptors (Lipinski definition) is 3. The third-order valence-corrected chi connectivity index (χ3v) is 3.84. The van der Waals surface area contributed by atoms with Crippen LogP contribution in [0.2, 0.25) is 0 Å². The number of amides is 1. The van der Waals surface area contributed by atoms with Crippen molar-refractivity contribution in [1.29, 1.82) is 0 Å². The number of carbonyl (C=O) groups is 1. The van der Waals surface area contributed by atoms with E-state index in [9.17, 15) is 4.79 Å². The number of ether oxygens (including phenoxy) is 1. The average molecular weight is 262 g/mol. The molecule has 19 heavy (non-hydrogen) atoms. The zero-order chi connectivity index (χ0) is 13.9. The SMILES string of the molecule is CO[C@H]1CNCC1NC(=O)C(C)(C)c1ccccc1. The van der Waals surface area contributed by atoms with Gasteiger partial charge >= 0.3 is 0 Å². The van der Waals surface area contributed by atoms with Crippen molar-refractivity contribution in [2.75, 3.05) is 20.2 Å². The molecule has 1 amide bonds. The van der Waals surface area contributed by atoms with Gasteiger partial charge in [0.1, 0.15) is 0 Å². The summed E-state index contributed by atoms with van der Waals surface area (Å²) in [4.78, 5) is 12.5. The van der Waals surface area contributed by atoms with E-state index in [1.54, 1.807) is 7.11 Å². The molecule has 2 atom stereocenters. The minimum absolute atomic E-state index is 0.0365. The summed E-state index contributed by atoms with van der Waals surface area (Å²) in [5.41, 5.74) is 0.481. The van der Waals surface area contributed by atoms with Crippen LogP contribution >= 0.6 is 0 Å². The maximum atomic E-state index is 12.5. The summed E-state index contributed by atoms with van der Waals surface area (Å²) in [6.07, 6.45) is 0.0514. The Kier molecular flexibility index (Phi) is 4.22. The molecule has 1 unspecified atom stereocenters. The second-order valence-corrected chi connectivity index (χ2v) is 5.50. The van der Waals surface area contributed by atoms with Gasteiger partial charge < -0.3 is 15.4 Å². The summed E-state index contributed by atoms with van der Waals surface area (Å²) in [5, 5.41) is 6.32. The van der Waals surface area contributed by atoms with Crippen LogP contribution in [-0.4, -0.2) is 38.3 Å². The van der Waals surface area contributed by atoms with Crippen molar-refractivity contribution in [2.45, 2.75) is 31.4 Å². The van der Waals surface area contributed by atoms with E-state index in [0.29, 0.717) is 0 Å². The number of rotatable bonds is 4. The minimum atomic E-state index is -0.540. The Hall–Kier alpha value is -1.39. The first kappa shape index (κ1) is 14.0. The van der Waals surface area contributed by atoms with Gasteiger partial charge in [0.25, 0.3) is 0 Å². The Balaban J connectivity index is 2.07. The molecule has 104 valence electrons. The van der Waals surface area contributed by atoms with Gasteiger partial charge in [0.15, 0.2) is 0 Å². The second-order valence-electron chi connectivity index (χ2n) is 5.50. The summed E-state index contributed by atoms with van der Waals surface area (Å²) in [7, 11) is 1.68. The number of methoxy groups -OCH3 is 1. The van der Waals surface area contributed by atoms with Gasteiger partial charge in [-0.2, -0.15) is 0 Å². The first-order valence-corrected chi connectivity index (χ1v) is 6.65. The highest BCUT2D eigenvalue weighted by Crippen LogP contribution is 2.23. The third kappa shape index (κ3) is 2.96. The quantitative estimate of drug-likeness (QED) is 0.853. The Labute approximate surface area is 114 Å². The zero-order valence-electron chi connectivity index (χ0n) is 11.8. The smallest absolute Gasteiger partial charge is 0.230 e. The van der Waals surface area contributed by atoms with E-state index in [-0.39, 0.29) is 18.1 Å². The first-order valence-electron chi connectivity index (χ1n) is 6.65. The molecule has 0 bridgehead atoms. The normalized spacial score (nSPS) is 23.3. The molecule has 4 heteroatoms. The van der Waals surface area contributed by atoms with Gasteiger partial charge in [-0.3, -0.25) is 4.79 Å². The molecule has 1 aliphatic rings. The third-order valence-electron chi connectivity index (χ3n) is 3.84. The summed E-state index contributed by atoms with van der Waals surface area (Å²) < 4.78 is 5.37. The van der Waals surface area contributed by atoms with Crippen LogP contribution < -0.4 is 10.6 Å². The van der Waals surface area contributed by atoms with Gasteiger partial charge in [0.2, 0.25) is 5.91 Å². The Morgan fingerprint density at radius 1 is 1.32 bits per heavy atom. The van der Waals surface area contributed by atoms with Crippen molar-refractivity contribution in [3.63, 3.8) is 0 Å². The largest absolute Gasteiger partial charge is 0.378 e. The lowest BCUT2D eigenvalue weighted by Gasteiger charge is -2.28. The van der Waals surface area contributed by atoms with Crippen molar-refractivity contribution in [2.24, 2.45) is 0 Å². The number of benzene rings is 1. The van der Waals surface area contributed by atoms with Crippen molar-refractivity contribution >= 4 is 5.91 Å². The predicted octanol–water partition coefficient (Wildman–Crippen LogP) is 1.07. The van der Waals surface area contributed by atoms with E-state index in [1.807, 2.05) is 44.2 Å². The lowest BCUT2D eigenvalue weighted by atomic mass is 9.83. The number of nitrogens with one attached hydrogen (secondary N) is 2.